The Labute approximate surface area is 127 Å². The van der Waals surface area contributed by atoms with Crippen LogP contribution in [0.15, 0.2) is 47.1 Å². The Morgan fingerprint density at radius 2 is 2.17 bits per heavy atom. The van der Waals surface area contributed by atoms with Crippen LogP contribution in [0.5, 0.6) is 5.75 Å². The van der Waals surface area contributed by atoms with Gasteiger partial charge in [0.25, 0.3) is 0 Å². The van der Waals surface area contributed by atoms with Gasteiger partial charge < -0.3 is 9.84 Å². The fourth-order valence-electron chi connectivity index (χ4n) is 1.46. The molecule has 1 heterocycles. The molecule has 0 amide bonds. The number of hydrogen-bond donors (Lipinski definition) is 1. The Balaban J connectivity index is 2.00. The lowest BCUT2D eigenvalue weighted by atomic mass is 10.1. The van der Waals surface area contributed by atoms with Gasteiger partial charge in [0.1, 0.15) is 16.4 Å². The summed E-state index contributed by atoms with van der Waals surface area (Å²) in [5, 5.41) is 10.0. The summed E-state index contributed by atoms with van der Waals surface area (Å²) in [6.07, 6.45) is 1.05. The molecule has 1 atom stereocenters. The molecule has 0 unspecified atom stereocenters. The summed E-state index contributed by atoms with van der Waals surface area (Å²) in [5.41, 5.74) is 0.822. The third-order valence-electron chi connectivity index (χ3n) is 2.36. The van der Waals surface area contributed by atoms with Crippen molar-refractivity contribution in [2.24, 2.45) is 0 Å². The Kier molecular flexibility index (Phi) is 4.96. The molecule has 94 valence electrons. The van der Waals surface area contributed by atoms with Gasteiger partial charge in [0.2, 0.25) is 0 Å². The molecular formula is C13H11BrINO2. The fraction of sp³-hybridized carbons (Fsp3) is 0.154. The number of benzene rings is 1. The van der Waals surface area contributed by atoms with Crippen molar-refractivity contribution in [2.75, 3.05) is 6.61 Å². The van der Waals surface area contributed by atoms with Gasteiger partial charge in [-0.25, -0.2) is 4.98 Å². The Morgan fingerprint density at radius 1 is 1.33 bits per heavy atom. The summed E-state index contributed by atoms with van der Waals surface area (Å²) >= 11 is 5.48. The molecule has 0 bridgehead atoms. The predicted molar refractivity (Wildman–Crippen MR) is 81.6 cm³/mol. The molecule has 0 saturated heterocycles. The maximum Gasteiger partial charge on any atom is 0.151 e. The van der Waals surface area contributed by atoms with Gasteiger partial charge in [0.05, 0.1) is 0 Å². The van der Waals surface area contributed by atoms with E-state index in [-0.39, 0.29) is 6.61 Å². The van der Waals surface area contributed by atoms with Gasteiger partial charge in [-0.2, -0.15) is 0 Å². The quantitative estimate of drug-likeness (QED) is 0.608. The minimum atomic E-state index is -0.654. The zero-order valence-electron chi connectivity index (χ0n) is 9.38. The average Bonchev–Trinajstić information content (AvgIpc) is 2.37. The molecule has 0 aliphatic rings. The van der Waals surface area contributed by atoms with E-state index in [0.717, 1.165) is 13.7 Å². The molecule has 0 aliphatic carbocycles. The van der Waals surface area contributed by atoms with Crippen molar-refractivity contribution in [1.29, 1.82) is 0 Å². The molecule has 3 nitrogen and oxygen atoms in total. The van der Waals surface area contributed by atoms with Crippen LogP contribution in [0, 0.1) is 3.70 Å². The second-order valence-corrected chi connectivity index (χ2v) is 5.61. The largest absolute Gasteiger partial charge is 0.488 e. The number of nitrogens with zero attached hydrogens (tertiary/aromatic N) is 1. The smallest absolute Gasteiger partial charge is 0.151 e. The second-order valence-electron chi connectivity index (χ2n) is 3.67. The number of aromatic nitrogens is 1. The summed E-state index contributed by atoms with van der Waals surface area (Å²) in [7, 11) is 0. The Morgan fingerprint density at radius 3 is 2.89 bits per heavy atom. The van der Waals surface area contributed by atoms with Crippen LogP contribution in [0.25, 0.3) is 0 Å². The molecular weight excluding hydrogens is 409 g/mol. The molecule has 0 aliphatic heterocycles. The van der Waals surface area contributed by atoms with Gasteiger partial charge in [0.15, 0.2) is 5.75 Å². The lowest BCUT2D eigenvalue weighted by Crippen LogP contribution is -2.10. The van der Waals surface area contributed by atoms with Crippen LogP contribution in [0.3, 0.4) is 0 Å². The monoisotopic (exact) mass is 419 g/mol. The van der Waals surface area contributed by atoms with Crippen molar-refractivity contribution < 1.29 is 9.84 Å². The second kappa shape index (κ2) is 6.49. The Bertz CT molecular complexity index is 536. The van der Waals surface area contributed by atoms with Crippen LogP contribution in [-0.4, -0.2) is 16.7 Å². The van der Waals surface area contributed by atoms with Crippen molar-refractivity contribution in [1.82, 2.24) is 4.98 Å². The maximum absolute atomic E-state index is 10.0. The molecule has 0 saturated carbocycles. The van der Waals surface area contributed by atoms with Crippen LogP contribution in [-0.2, 0) is 0 Å². The topological polar surface area (TPSA) is 42.4 Å². The fourth-order valence-corrected chi connectivity index (χ4v) is 2.37. The predicted octanol–water partition coefficient (Wildman–Crippen LogP) is 3.56. The van der Waals surface area contributed by atoms with Crippen molar-refractivity contribution in [3.8, 4) is 5.75 Å². The van der Waals surface area contributed by atoms with E-state index in [1.807, 2.05) is 36.4 Å². The summed E-state index contributed by atoms with van der Waals surface area (Å²) in [6.45, 7) is 0.206. The van der Waals surface area contributed by atoms with Crippen LogP contribution in [0.1, 0.15) is 11.7 Å². The first-order valence-electron chi connectivity index (χ1n) is 5.33. The van der Waals surface area contributed by atoms with Crippen molar-refractivity contribution in [3.63, 3.8) is 0 Å². The highest BCUT2D eigenvalue weighted by Crippen LogP contribution is 2.21. The molecule has 5 heteroatoms. The number of aliphatic hydroxyl groups is 1. The summed E-state index contributed by atoms with van der Waals surface area (Å²) in [5.74, 6) is 0.687. The normalized spacial score (nSPS) is 12.2. The third kappa shape index (κ3) is 3.66. The third-order valence-corrected chi connectivity index (χ3v) is 3.66. The lowest BCUT2D eigenvalue weighted by Gasteiger charge is -2.13. The summed E-state index contributed by atoms with van der Waals surface area (Å²) < 4.78 is 7.29. The van der Waals surface area contributed by atoms with E-state index in [1.54, 1.807) is 6.20 Å². The minimum absolute atomic E-state index is 0.206. The highest BCUT2D eigenvalue weighted by Gasteiger charge is 2.10. The van der Waals surface area contributed by atoms with E-state index in [9.17, 15) is 5.11 Å². The van der Waals surface area contributed by atoms with Gasteiger partial charge in [-0.1, -0.05) is 28.1 Å². The molecule has 1 N–H and O–H groups in total. The van der Waals surface area contributed by atoms with E-state index in [4.69, 9.17) is 4.74 Å². The van der Waals surface area contributed by atoms with Gasteiger partial charge in [-0.05, 0) is 52.4 Å². The average molecular weight is 420 g/mol. The lowest BCUT2D eigenvalue weighted by molar-refractivity contribution is 0.107. The van der Waals surface area contributed by atoms with Crippen LogP contribution < -0.4 is 4.74 Å². The maximum atomic E-state index is 10.0. The standard InChI is InChI=1S/C13H11BrINO2/c14-10-4-1-3-9(7-10)11(17)8-18-12-5-2-6-16-13(12)15/h1-7,11,17H,8H2/t11-/m0/s1. The molecule has 2 rings (SSSR count). The van der Waals surface area contributed by atoms with E-state index in [0.29, 0.717) is 5.75 Å². The van der Waals surface area contributed by atoms with E-state index in [2.05, 4.69) is 43.5 Å². The molecule has 1 aromatic carbocycles. The summed E-state index contributed by atoms with van der Waals surface area (Å²) in [6, 6.07) is 11.2. The van der Waals surface area contributed by atoms with E-state index < -0.39 is 6.10 Å². The number of aliphatic hydroxyl groups excluding tert-OH is 1. The van der Waals surface area contributed by atoms with Crippen LogP contribution >= 0.6 is 38.5 Å². The van der Waals surface area contributed by atoms with Gasteiger partial charge in [-0.3, -0.25) is 0 Å². The number of pyridine rings is 1. The first kappa shape index (κ1) is 13.8. The zero-order chi connectivity index (χ0) is 13.0. The van der Waals surface area contributed by atoms with Gasteiger partial charge >= 0.3 is 0 Å². The van der Waals surface area contributed by atoms with E-state index >= 15 is 0 Å². The number of rotatable bonds is 4. The Hall–Kier alpha value is -0.660. The number of ether oxygens (including phenoxy) is 1. The molecule has 1 aromatic heterocycles. The van der Waals surface area contributed by atoms with Gasteiger partial charge in [-0.15, -0.1) is 0 Å². The molecule has 18 heavy (non-hydrogen) atoms. The molecule has 0 fully saturated rings. The zero-order valence-corrected chi connectivity index (χ0v) is 13.1. The first-order valence-corrected chi connectivity index (χ1v) is 7.21. The van der Waals surface area contributed by atoms with Crippen molar-refractivity contribution in [2.45, 2.75) is 6.10 Å². The highest BCUT2D eigenvalue weighted by molar-refractivity contribution is 14.1. The number of halogens is 2. The molecule has 0 radical (unpaired) electrons. The van der Waals surface area contributed by atoms with Crippen molar-refractivity contribution in [3.05, 3.63) is 56.3 Å². The highest BCUT2D eigenvalue weighted by atomic mass is 127. The minimum Gasteiger partial charge on any atom is -0.488 e. The first-order chi connectivity index (χ1) is 8.66. The SMILES string of the molecule is O[C@@H](COc1cccnc1I)c1cccc(Br)c1. The van der Waals surface area contributed by atoms with Crippen LogP contribution in [0.2, 0.25) is 0 Å². The summed E-state index contributed by atoms with van der Waals surface area (Å²) in [4.78, 5) is 4.12. The number of hydrogen-bond acceptors (Lipinski definition) is 3. The molecule has 2 aromatic rings. The van der Waals surface area contributed by atoms with Crippen LogP contribution in [0.4, 0.5) is 0 Å². The van der Waals surface area contributed by atoms with Crippen molar-refractivity contribution >= 4 is 38.5 Å². The van der Waals surface area contributed by atoms with Gasteiger partial charge in [0, 0.05) is 10.7 Å². The van der Waals surface area contributed by atoms with E-state index in [1.165, 1.54) is 0 Å². The molecule has 0 spiro atoms.